The summed E-state index contributed by atoms with van der Waals surface area (Å²) in [5.41, 5.74) is 2.71. The first kappa shape index (κ1) is 24.2. The zero-order chi connectivity index (χ0) is 23.8. The van der Waals surface area contributed by atoms with Gasteiger partial charge in [0.2, 0.25) is 5.91 Å². The molecule has 0 aliphatic carbocycles. The number of hydrogen-bond donors (Lipinski definition) is 3. The Hall–Kier alpha value is -2.94. The lowest BCUT2D eigenvalue weighted by Gasteiger charge is -2.32. The number of hydrogen-bond acceptors (Lipinski definition) is 5. The predicted octanol–water partition coefficient (Wildman–Crippen LogP) is 5.15. The molecule has 1 aromatic heterocycles. The summed E-state index contributed by atoms with van der Waals surface area (Å²) in [7, 11) is 0. The third-order valence-electron chi connectivity index (χ3n) is 5.66. The van der Waals surface area contributed by atoms with Crippen LogP contribution in [0.2, 0.25) is 5.02 Å². The largest absolute Gasteiger partial charge is 0.353 e. The summed E-state index contributed by atoms with van der Waals surface area (Å²) in [5, 5.41) is 11.5. The molecule has 3 amide bonds. The summed E-state index contributed by atoms with van der Waals surface area (Å²) in [6.07, 6.45) is 2.84. The van der Waals surface area contributed by atoms with Crippen molar-refractivity contribution in [1.29, 1.82) is 0 Å². The lowest BCUT2D eigenvalue weighted by atomic mass is 10.0. The highest BCUT2D eigenvalue weighted by molar-refractivity contribution is 7.13. The lowest BCUT2D eigenvalue weighted by Crippen LogP contribution is -2.44. The average Bonchev–Trinajstić information content (AvgIpc) is 3.27. The Balaban J connectivity index is 1.15. The molecule has 7 nitrogen and oxygen atoms in total. The van der Waals surface area contributed by atoms with Crippen molar-refractivity contribution in [3.8, 4) is 0 Å². The second kappa shape index (κ2) is 12.0. The Morgan fingerprint density at radius 3 is 2.62 bits per heavy atom. The maximum absolute atomic E-state index is 12.4. The molecule has 1 aliphatic heterocycles. The molecule has 0 spiro atoms. The van der Waals surface area contributed by atoms with E-state index in [4.69, 9.17) is 11.6 Å². The fourth-order valence-corrected chi connectivity index (χ4v) is 4.85. The van der Waals surface area contributed by atoms with Crippen molar-refractivity contribution in [3.05, 3.63) is 76.3 Å². The molecule has 1 saturated heterocycles. The van der Waals surface area contributed by atoms with Gasteiger partial charge in [-0.3, -0.25) is 15.0 Å². The number of anilines is 2. The summed E-state index contributed by atoms with van der Waals surface area (Å²) < 4.78 is 0. The van der Waals surface area contributed by atoms with Crippen LogP contribution in [-0.4, -0.2) is 41.0 Å². The van der Waals surface area contributed by atoms with E-state index in [0.717, 1.165) is 38.2 Å². The molecule has 178 valence electrons. The first-order valence-corrected chi connectivity index (χ1v) is 12.6. The number of aromatic nitrogens is 1. The van der Waals surface area contributed by atoms with Gasteiger partial charge < -0.3 is 10.6 Å². The van der Waals surface area contributed by atoms with Gasteiger partial charge in [0.25, 0.3) is 0 Å². The fourth-order valence-electron chi connectivity index (χ4n) is 3.92. The van der Waals surface area contributed by atoms with E-state index in [0.29, 0.717) is 28.7 Å². The Morgan fingerprint density at radius 1 is 1.06 bits per heavy atom. The summed E-state index contributed by atoms with van der Waals surface area (Å²) in [5.74, 6) is 0.0442. The standard InChI is InChI=1S/C25H28ClN5O2S/c26-19-7-4-8-21(15-19)28-24(33)30-25-29-22(17-34-25)9-10-23(32)27-20-11-13-31(14-12-20)16-18-5-2-1-3-6-18/h1-8,15,17,20H,9-14,16H2,(H,27,32)(H2,28,29,30,33). The van der Waals surface area contributed by atoms with Crippen molar-refractivity contribution >= 4 is 45.7 Å². The Labute approximate surface area is 208 Å². The number of nitrogens with one attached hydrogen (secondary N) is 3. The summed E-state index contributed by atoms with van der Waals surface area (Å²) >= 11 is 7.27. The number of piperidine rings is 1. The number of carbonyl (C=O) groups is 2. The van der Waals surface area contributed by atoms with Gasteiger partial charge >= 0.3 is 6.03 Å². The number of urea groups is 1. The molecule has 0 saturated carbocycles. The van der Waals surface area contributed by atoms with Crippen LogP contribution in [0.1, 0.15) is 30.5 Å². The molecule has 2 aromatic carbocycles. The van der Waals surface area contributed by atoms with Crippen molar-refractivity contribution in [2.75, 3.05) is 23.7 Å². The summed E-state index contributed by atoms with van der Waals surface area (Å²) in [6.45, 7) is 2.93. The molecule has 4 rings (SSSR count). The molecule has 1 fully saturated rings. The molecular formula is C25H28ClN5O2S. The molecule has 0 unspecified atom stereocenters. The number of benzene rings is 2. The van der Waals surface area contributed by atoms with Crippen LogP contribution in [0.5, 0.6) is 0 Å². The second-order valence-electron chi connectivity index (χ2n) is 8.34. The molecule has 34 heavy (non-hydrogen) atoms. The van der Waals surface area contributed by atoms with Crippen molar-refractivity contribution in [1.82, 2.24) is 15.2 Å². The monoisotopic (exact) mass is 497 g/mol. The van der Waals surface area contributed by atoms with Crippen molar-refractivity contribution in [2.24, 2.45) is 0 Å². The predicted molar refractivity (Wildman–Crippen MR) is 137 cm³/mol. The summed E-state index contributed by atoms with van der Waals surface area (Å²) in [4.78, 5) is 31.4. The minimum atomic E-state index is -0.389. The number of thiazole rings is 1. The van der Waals surface area contributed by atoms with Crippen LogP contribution in [0.15, 0.2) is 60.0 Å². The molecule has 2 heterocycles. The number of carbonyl (C=O) groups excluding carboxylic acids is 2. The van der Waals surface area contributed by atoms with Gasteiger partial charge in [-0.15, -0.1) is 11.3 Å². The van der Waals surface area contributed by atoms with Gasteiger partial charge in [0.05, 0.1) is 5.69 Å². The van der Waals surface area contributed by atoms with Crippen molar-refractivity contribution in [2.45, 2.75) is 38.3 Å². The fraction of sp³-hybridized carbons (Fsp3) is 0.320. The third-order valence-corrected chi connectivity index (χ3v) is 6.71. The van der Waals surface area contributed by atoms with E-state index in [1.165, 1.54) is 16.9 Å². The van der Waals surface area contributed by atoms with E-state index in [9.17, 15) is 9.59 Å². The van der Waals surface area contributed by atoms with Crippen LogP contribution in [0.3, 0.4) is 0 Å². The molecule has 0 bridgehead atoms. The number of nitrogens with zero attached hydrogens (tertiary/aromatic N) is 2. The lowest BCUT2D eigenvalue weighted by molar-refractivity contribution is -0.122. The maximum atomic E-state index is 12.4. The topological polar surface area (TPSA) is 86.4 Å². The molecule has 0 radical (unpaired) electrons. The van der Waals surface area contributed by atoms with Crippen LogP contribution in [-0.2, 0) is 17.8 Å². The van der Waals surface area contributed by atoms with Gasteiger partial charge in [-0.05, 0) is 43.0 Å². The van der Waals surface area contributed by atoms with Gasteiger partial charge in [0.1, 0.15) is 0 Å². The quantitative estimate of drug-likeness (QED) is 0.401. The van der Waals surface area contributed by atoms with Crippen LogP contribution >= 0.6 is 22.9 Å². The van der Waals surface area contributed by atoms with Gasteiger partial charge in [0, 0.05) is 48.2 Å². The van der Waals surface area contributed by atoms with E-state index in [2.05, 4.69) is 50.1 Å². The Bertz CT molecular complexity index is 1100. The van der Waals surface area contributed by atoms with E-state index in [-0.39, 0.29) is 18.0 Å². The molecule has 3 aromatic rings. The van der Waals surface area contributed by atoms with E-state index in [1.54, 1.807) is 24.3 Å². The minimum Gasteiger partial charge on any atom is -0.353 e. The van der Waals surface area contributed by atoms with Crippen molar-refractivity contribution in [3.63, 3.8) is 0 Å². The molecule has 3 N–H and O–H groups in total. The highest BCUT2D eigenvalue weighted by Crippen LogP contribution is 2.19. The number of amides is 3. The molecular weight excluding hydrogens is 470 g/mol. The number of halogens is 1. The smallest absolute Gasteiger partial charge is 0.325 e. The van der Waals surface area contributed by atoms with Gasteiger partial charge in [0.15, 0.2) is 5.13 Å². The third kappa shape index (κ3) is 7.55. The first-order valence-electron chi connectivity index (χ1n) is 11.4. The number of likely N-dealkylation sites (tertiary alicyclic amines) is 1. The van der Waals surface area contributed by atoms with E-state index < -0.39 is 0 Å². The zero-order valence-corrected chi connectivity index (χ0v) is 20.4. The highest BCUT2D eigenvalue weighted by Gasteiger charge is 2.20. The van der Waals surface area contributed by atoms with Crippen LogP contribution < -0.4 is 16.0 Å². The molecule has 1 aliphatic rings. The molecule has 9 heteroatoms. The number of aryl methyl sites for hydroxylation is 1. The summed E-state index contributed by atoms with van der Waals surface area (Å²) in [6, 6.07) is 17.2. The van der Waals surface area contributed by atoms with Gasteiger partial charge in [-0.2, -0.15) is 0 Å². The van der Waals surface area contributed by atoms with Crippen LogP contribution in [0, 0.1) is 0 Å². The van der Waals surface area contributed by atoms with Crippen LogP contribution in [0.4, 0.5) is 15.6 Å². The average molecular weight is 498 g/mol. The maximum Gasteiger partial charge on any atom is 0.325 e. The van der Waals surface area contributed by atoms with Gasteiger partial charge in [-0.1, -0.05) is 48.0 Å². The first-order chi connectivity index (χ1) is 16.5. The normalized spacial score (nSPS) is 14.5. The van der Waals surface area contributed by atoms with Crippen LogP contribution in [0.25, 0.3) is 0 Å². The SMILES string of the molecule is O=C(CCc1csc(NC(=O)Nc2cccc(Cl)c2)n1)NC1CCN(Cc2ccccc2)CC1. The van der Waals surface area contributed by atoms with Crippen molar-refractivity contribution < 1.29 is 9.59 Å². The van der Waals surface area contributed by atoms with E-state index >= 15 is 0 Å². The molecule has 0 atom stereocenters. The highest BCUT2D eigenvalue weighted by atomic mass is 35.5. The minimum absolute atomic E-state index is 0.0442. The second-order valence-corrected chi connectivity index (χ2v) is 9.63. The van der Waals surface area contributed by atoms with E-state index in [1.807, 2.05) is 11.4 Å². The Kier molecular flexibility index (Phi) is 8.51. The number of rotatable bonds is 8. The van der Waals surface area contributed by atoms with Gasteiger partial charge in [-0.25, -0.2) is 9.78 Å². The zero-order valence-electron chi connectivity index (χ0n) is 18.8. The Morgan fingerprint density at radius 2 is 1.85 bits per heavy atom.